The van der Waals surface area contributed by atoms with Crippen LogP contribution < -0.4 is 5.14 Å². The maximum Gasteiger partial charge on any atom is 0.277 e. The summed E-state index contributed by atoms with van der Waals surface area (Å²) in [5, 5.41) is 5.07. The quantitative estimate of drug-likeness (QED) is 0.836. The lowest BCUT2D eigenvalue weighted by Gasteiger charge is -2.17. The zero-order chi connectivity index (χ0) is 11.5. The molecule has 0 spiro atoms. The van der Waals surface area contributed by atoms with E-state index in [2.05, 4.69) is 0 Å². The Balaban J connectivity index is 2.85. The molecule has 0 fully saturated rings. The molecule has 4 nitrogen and oxygen atoms in total. The summed E-state index contributed by atoms with van der Waals surface area (Å²) in [6, 6.07) is 7.72. The van der Waals surface area contributed by atoms with Crippen molar-refractivity contribution >= 4 is 10.2 Å². The third-order valence-corrected chi connectivity index (χ3v) is 3.26. The molecule has 0 aliphatic rings. The average molecular weight is 228 g/mol. The summed E-state index contributed by atoms with van der Waals surface area (Å²) in [5.41, 5.74) is 2.06. The van der Waals surface area contributed by atoms with Gasteiger partial charge in [-0.1, -0.05) is 36.8 Å². The van der Waals surface area contributed by atoms with Crippen LogP contribution in [-0.2, 0) is 16.8 Å². The Labute approximate surface area is 90.9 Å². The fourth-order valence-electron chi connectivity index (χ4n) is 1.40. The van der Waals surface area contributed by atoms with Crippen LogP contribution in [0.2, 0.25) is 0 Å². The van der Waals surface area contributed by atoms with Gasteiger partial charge in [-0.2, -0.15) is 12.7 Å². The average Bonchev–Trinajstić information content (AvgIpc) is 2.12. The molecule has 0 saturated carbocycles. The van der Waals surface area contributed by atoms with Crippen LogP contribution in [0, 0.1) is 6.92 Å². The zero-order valence-electron chi connectivity index (χ0n) is 8.97. The second-order valence-electron chi connectivity index (χ2n) is 3.46. The van der Waals surface area contributed by atoms with Gasteiger partial charge in [0.05, 0.1) is 0 Å². The molecule has 1 aromatic rings. The molecule has 0 amide bonds. The first-order chi connectivity index (χ1) is 6.93. The molecule has 0 aromatic heterocycles. The molecule has 84 valence electrons. The first-order valence-corrected chi connectivity index (χ1v) is 6.27. The minimum atomic E-state index is -3.59. The van der Waals surface area contributed by atoms with Crippen LogP contribution in [0.4, 0.5) is 0 Å². The van der Waals surface area contributed by atoms with Crippen molar-refractivity contribution in [2.75, 3.05) is 6.54 Å². The monoisotopic (exact) mass is 228 g/mol. The van der Waals surface area contributed by atoms with E-state index in [0.29, 0.717) is 13.1 Å². The predicted molar refractivity (Wildman–Crippen MR) is 60.4 cm³/mol. The van der Waals surface area contributed by atoms with Gasteiger partial charge in [0.2, 0.25) is 0 Å². The minimum absolute atomic E-state index is 0.330. The molecule has 0 unspecified atom stereocenters. The van der Waals surface area contributed by atoms with Crippen molar-refractivity contribution in [3.05, 3.63) is 35.4 Å². The molecule has 0 heterocycles. The lowest BCUT2D eigenvalue weighted by molar-refractivity contribution is 0.424. The Morgan fingerprint density at radius 2 is 2.07 bits per heavy atom. The van der Waals surface area contributed by atoms with Crippen LogP contribution >= 0.6 is 0 Å². The largest absolute Gasteiger partial charge is 0.277 e. The fourth-order valence-corrected chi connectivity index (χ4v) is 2.08. The van der Waals surface area contributed by atoms with E-state index in [1.54, 1.807) is 6.92 Å². The number of nitrogens with zero attached hydrogens (tertiary/aromatic N) is 1. The molecule has 15 heavy (non-hydrogen) atoms. The van der Waals surface area contributed by atoms with Gasteiger partial charge in [-0.3, -0.25) is 0 Å². The van der Waals surface area contributed by atoms with Gasteiger partial charge in [0.15, 0.2) is 0 Å². The molecule has 0 aliphatic carbocycles. The molecular formula is C10H16N2O2S. The summed E-state index contributed by atoms with van der Waals surface area (Å²) in [4.78, 5) is 0. The lowest BCUT2D eigenvalue weighted by Crippen LogP contribution is -2.35. The normalized spacial score (nSPS) is 12.0. The van der Waals surface area contributed by atoms with Gasteiger partial charge in [-0.25, -0.2) is 5.14 Å². The van der Waals surface area contributed by atoms with Crippen molar-refractivity contribution in [3.63, 3.8) is 0 Å². The number of rotatable bonds is 4. The van der Waals surface area contributed by atoms with Gasteiger partial charge in [-0.15, -0.1) is 0 Å². The lowest BCUT2D eigenvalue weighted by atomic mass is 10.1. The van der Waals surface area contributed by atoms with Crippen molar-refractivity contribution in [2.45, 2.75) is 20.4 Å². The van der Waals surface area contributed by atoms with Crippen LogP contribution in [0.15, 0.2) is 24.3 Å². The molecule has 0 aliphatic heterocycles. The topological polar surface area (TPSA) is 63.4 Å². The summed E-state index contributed by atoms with van der Waals surface area (Å²) in [7, 11) is -3.59. The summed E-state index contributed by atoms with van der Waals surface area (Å²) < 4.78 is 23.5. The summed E-state index contributed by atoms with van der Waals surface area (Å²) >= 11 is 0. The summed E-state index contributed by atoms with van der Waals surface area (Å²) in [6.45, 7) is 4.45. The van der Waals surface area contributed by atoms with Gasteiger partial charge < -0.3 is 0 Å². The number of hydrogen-bond acceptors (Lipinski definition) is 2. The number of benzene rings is 1. The van der Waals surface area contributed by atoms with E-state index in [4.69, 9.17) is 5.14 Å². The van der Waals surface area contributed by atoms with Crippen molar-refractivity contribution in [1.82, 2.24) is 4.31 Å². The van der Waals surface area contributed by atoms with E-state index < -0.39 is 10.2 Å². The summed E-state index contributed by atoms with van der Waals surface area (Å²) in [6.07, 6.45) is 0. The molecular weight excluding hydrogens is 212 g/mol. The van der Waals surface area contributed by atoms with E-state index in [-0.39, 0.29) is 0 Å². The molecule has 5 heteroatoms. The fraction of sp³-hybridized carbons (Fsp3) is 0.400. The van der Waals surface area contributed by atoms with Gasteiger partial charge >= 0.3 is 0 Å². The second kappa shape index (κ2) is 4.74. The molecule has 2 N–H and O–H groups in total. The van der Waals surface area contributed by atoms with Crippen LogP contribution in [0.3, 0.4) is 0 Å². The van der Waals surface area contributed by atoms with Gasteiger partial charge in [0.1, 0.15) is 0 Å². The highest BCUT2D eigenvalue weighted by Gasteiger charge is 2.14. The number of nitrogens with two attached hydrogens (primary N) is 1. The van der Waals surface area contributed by atoms with Gasteiger partial charge in [0.25, 0.3) is 10.2 Å². The van der Waals surface area contributed by atoms with Crippen molar-refractivity contribution < 1.29 is 8.42 Å². The number of hydrogen-bond donors (Lipinski definition) is 1. The van der Waals surface area contributed by atoms with Crippen molar-refractivity contribution in [1.29, 1.82) is 0 Å². The van der Waals surface area contributed by atoms with Crippen molar-refractivity contribution in [3.8, 4) is 0 Å². The summed E-state index contributed by atoms with van der Waals surface area (Å²) in [5.74, 6) is 0. The van der Waals surface area contributed by atoms with Crippen molar-refractivity contribution in [2.24, 2.45) is 5.14 Å². The second-order valence-corrected chi connectivity index (χ2v) is 5.01. The molecule has 1 aromatic carbocycles. The maximum absolute atomic E-state index is 11.2. The Morgan fingerprint density at radius 3 is 2.53 bits per heavy atom. The molecule has 0 saturated heterocycles. The van der Waals surface area contributed by atoms with E-state index in [0.717, 1.165) is 11.1 Å². The van der Waals surface area contributed by atoms with Gasteiger partial charge in [0, 0.05) is 13.1 Å². The first-order valence-electron chi connectivity index (χ1n) is 4.77. The minimum Gasteiger partial charge on any atom is -0.216 e. The Bertz CT molecular complexity index is 429. The SMILES string of the molecule is CCN(Cc1cccc(C)c1)S(N)(=O)=O. The van der Waals surface area contributed by atoms with Crippen LogP contribution in [0.25, 0.3) is 0 Å². The number of aryl methyl sites for hydroxylation is 1. The smallest absolute Gasteiger partial charge is 0.216 e. The highest BCUT2D eigenvalue weighted by molar-refractivity contribution is 7.86. The third-order valence-electron chi connectivity index (χ3n) is 2.15. The first kappa shape index (κ1) is 12.2. The predicted octanol–water partition coefficient (Wildman–Crippen LogP) is 1.02. The Morgan fingerprint density at radius 1 is 1.40 bits per heavy atom. The van der Waals surface area contributed by atoms with E-state index in [1.807, 2.05) is 31.2 Å². The third kappa shape index (κ3) is 3.62. The molecule has 0 atom stereocenters. The Hall–Kier alpha value is -0.910. The molecule has 0 radical (unpaired) electrons. The zero-order valence-corrected chi connectivity index (χ0v) is 9.79. The van der Waals surface area contributed by atoms with E-state index >= 15 is 0 Å². The maximum atomic E-state index is 11.2. The highest BCUT2D eigenvalue weighted by Crippen LogP contribution is 2.08. The standard InChI is InChI=1S/C10H16N2O2S/c1-3-12(15(11,13)14)8-10-6-4-5-9(2)7-10/h4-7H,3,8H2,1-2H3,(H2,11,13,14). The van der Waals surface area contributed by atoms with E-state index in [1.165, 1.54) is 4.31 Å². The van der Waals surface area contributed by atoms with E-state index in [9.17, 15) is 8.42 Å². The van der Waals surface area contributed by atoms with Crippen LogP contribution in [0.1, 0.15) is 18.1 Å². The highest BCUT2D eigenvalue weighted by atomic mass is 32.2. The van der Waals surface area contributed by atoms with Crippen LogP contribution in [-0.4, -0.2) is 19.3 Å². The van der Waals surface area contributed by atoms with Crippen LogP contribution in [0.5, 0.6) is 0 Å². The molecule has 0 bridgehead atoms. The van der Waals surface area contributed by atoms with Gasteiger partial charge in [-0.05, 0) is 12.5 Å². The Kier molecular flexibility index (Phi) is 3.84. The molecule has 1 rings (SSSR count).